The minimum absolute atomic E-state index is 0.403. The zero-order valence-corrected chi connectivity index (χ0v) is 11.8. The Morgan fingerprint density at radius 1 is 1.00 bits per heavy atom. The van der Waals surface area contributed by atoms with Gasteiger partial charge in [0.25, 0.3) is 0 Å². The number of pyridine rings is 1. The molecule has 20 heavy (non-hydrogen) atoms. The average molecular weight is 274 g/mol. The zero-order valence-electron chi connectivity index (χ0n) is 11.8. The molecule has 0 saturated carbocycles. The first kappa shape index (κ1) is 14.1. The molecule has 5 nitrogen and oxygen atoms in total. The van der Waals surface area contributed by atoms with E-state index >= 15 is 0 Å². The number of methoxy groups -OCH3 is 3. The number of benzene rings is 1. The van der Waals surface area contributed by atoms with Crippen molar-refractivity contribution in [3.63, 3.8) is 0 Å². The fourth-order valence-electron chi connectivity index (χ4n) is 2.05. The Labute approximate surface area is 118 Å². The van der Waals surface area contributed by atoms with Gasteiger partial charge in [-0.2, -0.15) is 0 Å². The van der Waals surface area contributed by atoms with Crippen molar-refractivity contribution < 1.29 is 14.2 Å². The van der Waals surface area contributed by atoms with Gasteiger partial charge in [-0.05, 0) is 34.9 Å². The molecule has 0 fully saturated rings. The summed E-state index contributed by atoms with van der Waals surface area (Å²) in [6.45, 7) is 0.403. The Morgan fingerprint density at radius 3 is 2.30 bits per heavy atom. The van der Waals surface area contributed by atoms with Gasteiger partial charge in [-0.15, -0.1) is 0 Å². The number of nitrogens with two attached hydrogens (primary N) is 1. The Balaban J connectivity index is 2.59. The van der Waals surface area contributed by atoms with Gasteiger partial charge >= 0.3 is 0 Å². The highest BCUT2D eigenvalue weighted by atomic mass is 16.5. The fourth-order valence-corrected chi connectivity index (χ4v) is 2.05. The second kappa shape index (κ2) is 6.25. The first-order valence-corrected chi connectivity index (χ1v) is 6.18. The molecule has 1 aromatic heterocycles. The van der Waals surface area contributed by atoms with Gasteiger partial charge in [-0.1, -0.05) is 0 Å². The van der Waals surface area contributed by atoms with E-state index in [-0.39, 0.29) is 0 Å². The lowest BCUT2D eigenvalue weighted by Crippen LogP contribution is -2.02. The Kier molecular flexibility index (Phi) is 4.42. The smallest absolute Gasteiger partial charge is 0.213 e. The van der Waals surface area contributed by atoms with Gasteiger partial charge in [-0.25, -0.2) is 4.98 Å². The predicted molar refractivity (Wildman–Crippen MR) is 77.2 cm³/mol. The molecule has 0 aliphatic carbocycles. The first-order valence-electron chi connectivity index (χ1n) is 6.18. The maximum atomic E-state index is 5.83. The molecule has 0 amide bonds. The lowest BCUT2D eigenvalue weighted by molar-refractivity contribution is 0.354. The minimum atomic E-state index is 0.403. The highest BCUT2D eigenvalue weighted by Gasteiger charge is 2.12. The molecule has 0 unspecified atom stereocenters. The third-order valence-electron chi connectivity index (χ3n) is 3.08. The molecule has 0 atom stereocenters. The maximum absolute atomic E-state index is 5.83. The third kappa shape index (κ3) is 2.67. The summed E-state index contributed by atoms with van der Waals surface area (Å²) in [6.07, 6.45) is 1.70. The third-order valence-corrected chi connectivity index (χ3v) is 3.08. The molecule has 2 N–H and O–H groups in total. The van der Waals surface area contributed by atoms with Crippen LogP contribution in [0.15, 0.2) is 30.5 Å². The van der Waals surface area contributed by atoms with Crippen LogP contribution in [0.1, 0.15) is 5.56 Å². The van der Waals surface area contributed by atoms with E-state index in [1.807, 2.05) is 24.3 Å². The van der Waals surface area contributed by atoms with Gasteiger partial charge in [0.05, 0.1) is 21.3 Å². The van der Waals surface area contributed by atoms with Gasteiger partial charge in [-0.3, -0.25) is 0 Å². The minimum Gasteiger partial charge on any atom is -0.493 e. The molecule has 106 valence electrons. The van der Waals surface area contributed by atoms with Crippen molar-refractivity contribution >= 4 is 0 Å². The normalized spacial score (nSPS) is 10.2. The Bertz CT molecular complexity index is 600. The molecule has 2 aromatic rings. The summed E-state index contributed by atoms with van der Waals surface area (Å²) in [5.41, 5.74) is 8.75. The summed E-state index contributed by atoms with van der Waals surface area (Å²) in [4.78, 5) is 4.11. The fraction of sp³-hybridized carbons (Fsp3) is 0.267. The number of aromatic nitrogens is 1. The molecule has 0 radical (unpaired) electrons. The van der Waals surface area contributed by atoms with Crippen molar-refractivity contribution in [2.24, 2.45) is 5.73 Å². The average Bonchev–Trinajstić information content (AvgIpc) is 2.53. The summed E-state index contributed by atoms with van der Waals surface area (Å²) in [7, 11) is 4.80. The van der Waals surface area contributed by atoms with Crippen LogP contribution in [0.4, 0.5) is 0 Å². The summed E-state index contributed by atoms with van der Waals surface area (Å²) >= 11 is 0. The monoisotopic (exact) mass is 274 g/mol. The van der Waals surface area contributed by atoms with E-state index in [4.69, 9.17) is 19.9 Å². The molecule has 1 heterocycles. The second-order valence-electron chi connectivity index (χ2n) is 4.16. The summed E-state index contributed by atoms with van der Waals surface area (Å²) in [6, 6.07) is 7.57. The molecule has 5 heteroatoms. The van der Waals surface area contributed by atoms with Crippen LogP contribution in [0.25, 0.3) is 11.1 Å². The summed E-state index contributed by atoms with van der Waals surface area (Å²) in [5, 5.41) is 0. The van der Waals surface area contributed by atoms with Crippen molar-refractivity contribution in [2.75, 3.05) is 21.3 Å². The summed E-state index contributed by atoms with van der Waals surface area (Å²) < 4.78 is 15.8. The number of hydrogen-bond donors (Lipinski definition) is 1. The van der Waals surface area contributed by atoms with Crippen LogP contribution in [-0.2, 0) is 6.54 Å². The molecule has 0 bridgehead atoms. The van der Waals surface area contributed by atoms with Crippen LogP contribution in [0.5, 0.6) is 17.4 Å². The largest absolute Gasteiger partial charge is 0.493 e. The van der Waals surface area contributed by atoms with Crippen molar-refractivity contribution in [3.8, 4) is 28.5 Å². The van der Waals surface area contributed by atoms with Crippen LogP contribution in [0.3, 0.4) is 0 Å². The molecule has 0 spiro atoms. The van der Waals surface area contributed by atoms with E-state index in [0.29, 0.717) is 23.9 Å². The van der Waals surface area contributed by atoms with Crippen LogP contribution in [-0.4, -0.2) is 26.3 Å². The van der Waals surface area contributed by atoms with Gasteiger partial charge in [0.15, 0.2) is 11.5 Å². The highest BCUT2D eigenvalue weighted by molar-refractivity contribution is 5.71. The van der Waals surface area contributed by atoms with E-state index in [2.05, 4.69) is 4.98 Å². The van der Waals surface area contributed by atoms with E-state index < -0.39 is 0 Å². The van der Waals surface area contributed by atoms with Crippen LogP contribution in [0.2, 0.25) is 0 Å². The molecule has 0 aliphatic rings. The Hall–Kier alpha value is -2.27. The number of nitrogens with zero attached hydrogens (tertiary/aromatic N) is 1. The lowest BCUT2D eigenvalue weighted by atomic mass is 9.99. The molecular formula is C15H18N2O3. The van der Waals surface area contributed by atoms with E-state index in [9.17, 15) is 0 Å². The lowest BCUT2D eigenvalue weighted by Gasteiger charge is -2.14. The second-order valence-corrected chi connectivity index (χ2v) is 4.16. The summed E-state index contributed by atoms with van der Waals surface area (Å²) in [5.74, 6) is 1.88. The first-order chi connectivity index (χ1) is 9.73. The number of rotatable bonds is 5. The molecule has 1 aromatic carbocycles. The van der Waals surface area contributed by atoms with E-state index in [1.165, 1.54) is 0 Å². The van der Waals surface area contributed by atoms with E-state index in [0.717, 1.165) is 16.7 Å². The standard InChI is InChI=1S/C15H18N2O3/c1-18-13-6-11(9-16)12(8-14(13)19-2)10-4-5-17-15(7-10)20-3/h4-8H,9,16H2,1-3H3. The highest BCUT2D eigenvalue weighted by Crippen LogP contribution is 2.36. The SMILES string of the molecule is COc1cc(-c2cc(OC)c(OC)cc2CN)ccn1. The van der Waals surface area contributed by atoms with Crippen LogP contribution < -0.4 is 19.9 Å². The number of ether oxygens (including phenoxy) is 3. The van der Waals surface area contributed by atoms with E-state index in [1.54, 1.807) is 27.5 Å². The van der Waals surface area contributed by atoms with Crippen LogP contribution in [0, 0.1) is 0 Å². The zero-order chi connectivity index (χ0) is 14.5. The van der Waals surface area contributed by atoms with Gasteiger partial charge < -0.3 is 19.9 Å². The maximum Gasteiger partial charge on any atom is 0.213 e. The van der Waals surface area contributed by atoms with Crippen molar-refractivity contribution in [3.05, 3.63) is 36.0 Å². The van der Waals surface area contributed by atoms with Gasteiger partial charge in [0.2, 0.25) is 5.88 Å². The van der Waals surface area contributed by atoms with Gasteiger partial charge in [0.1, 0.15) is 0 Å². The molecule has 0 saturated heterocycles. The Morgan fingerprint density at radius 2 is 1.70 bits per heavy atom. The number of hydrogen-bond acceptors (Lipinski definition) is 5. The van der Waals surface area contributed by atoms with Gasteiger partial charge in [0, 0.05) is 18.8 Å². The topological polar surface area (TPSA) is 66.6 Å². The van der Waals surface area contributed by atoms with Crippen molar-refractivity contribution in [1.82, 2.24) is 4.98 Å². The van der Waals surface area contributed by atoms with Crippen molar-refractivity contribution in [2.45, 2.75) is 6.54 Å². The molecule has 2 rings (SSSR count). The molecule has 0 aliphatic heterocycles. The predicted octanol–water partition coefficient (Wildman–Crippen LogP) is 2.23. The quantitative estimate of drug-likeness (QED) is 0.905. The molecular weight excluding hydrogens is 256 g/mol. The van der Waals surface area contributed by atoms with Crippen LogP contribution >= 0.6 is 0 Å². The van der Waals surface area contributed by atoms with Crippen molar-refractivity contribution in [1.29, 1.82) is 0 Å².